The normalized spacial score (nSPS) is 25.0. The summed E-state index contributed by atoms with van der Waals surface area (Å²) in [5.74, 6) is -0.321. The first-order valence-electron chi connectivity index (χ1n) is 16.4. The van der Waals surface area contributed by atoms with Crippen molar-refractivity contribution in [3.05, 3.63) is 65.2 Å². The van der Waals surface area contributed by atoms with Gasteiger partial charge in [0, 0.05) is 45.8 Å². The van der Waals surface area contributed by atoms with Crippen molar-refractivity contribution in [3.8, 4) is 5.75 Å². The average molecular weight is 651 g/mol. The Morgan fingerprint density at radius 3 is 2.59 bits per heavy atom. The van der Waals surface area contributed by atoms with Crippen LogP contribution in [0.2, 0.25) is 0 Å². The lowest BCUT2D eigenvalue weighted by Gasteiger charge is -2.36. The number of thiol groups is 1. The zero-order valence-corrected chi connectivity index (χ0v) is 27.4. The molecular formula is C34H46N6O5S. The van der Waals surface area contributed by atoms with Gasteiger partial charge in [0.15, 0.2) is 0 Å². The van der Waals surface area contributed by atoms with Gasteiger partial charge >= 0.3 is 6.03 Å². The van der Waals surface area contributed by atoms with Crippen LogP contribution in [0.15, 0.2) is 48.5 Å². The van der Waals surface area contributed by atoms with Crippen molar-refractivity contribution in [1.29, 1.82) is 0 Å². The molecule has 0 aliphatic carbocycles. The van der Waals surface area contributed by atoms with E-state index in [0.29, 0.717) is 58.7 Å². The van der Waals surface area contributed by atoms with Crippen molar-refractivity contribution in [2.75, 3.05) is 45.9 Å². The number of rotatable bonds is 4. The van der Waals surface area contributed by atoms with E-state index in [-0.39, 0.29) is 24.3 Å². The number of urea groups is 1. The number of fused-ring (bicyclic) bond motifs is 4. The van der Waals surface area contributed by atoms with E-state index in [1.54, 1.807) is 9.80 Å². The highest BCUT2D eigenvalue weighted by Crippen LogP contribution is 2.24. The molecular weight excluding hydrogens is 604 g/mol. The molecule has 11 nitrogen and oxygen atoms in total. The number of carbonyl (C=O) groups is 4. The van der Waals surface area contributed by atoms with Crippen LogP contribution in [0.4, 0.5) is 4.79 Å². The predicted octanol–water partition coefficient (Wildman–Crippen LogP) is 2.03. The molecule has 12 heteroatoms. The number of carbonyl (C=O) groups excluding carboxylic acids is 4. The molecule has 0 saturated carbocycles. The maximum absolute atomic E-state index is 14.0. The third kappa shape index (κ3) is 8.94. The summed E-state index contributed by atoms with van der Waals surface area (Å²) in [6, 6.07) is 12.9. The number of nitrogens with one attached hydrogen (secondary N) is 4. The van der Waals surface area contributed by atoms with Gasteiger partial charge in [-0.1, -0.05) is 36.4 Å². The van der Waals surface area contributed by atoms with Crippen molar-refractivity contribution < 1.29 is 23.9 Å². The molecule has 0 aromatic heterocycles. The minimum atomic E-state index is -1.29. The molecule has 2 aromatic rings. The first-order valence-corrected chi connectivity index (χ1v) is 16.9. The van der Waals surface area contributed by atoms with Gasteiger partial charge in [-0.15, -0.1) is 0 Å². The van der Waals surface area contributed by atoms with Gasteiger partial charge in [0.25, 0.3) is 0 Å². The fourth-order valence-electron chi connectivity index (χ4n) is 6.27. The smallest absolute Gasteiger partial charge is 0.318 e. The van der Waals surface area contributed by atoms with Gasteiger partial charge < -0.3 is 35.8 Å². The molecule has 5 amide bonds. The lowest BCUT2D eigenvalue weighted by atomic mass is 9.94. The molecule has 248 valence electrons. The number of piperazine rings is 1. The van der Waals surface area contributed by atoms with E-state index in [1.165, 1.54) is 0 Å². The van der Waals surface area contributed by atoms with Crippen LogP contribution in [0.3, 0.4) is 0 Å². The number of ether oxygens (including phenoxy) is 1. The molecule has 3 heterocycles. The van der Waals surface area contributed by atoms with E-state index >= 15 is 0 Å². The predicted molar refractivity (Wildman–Crippen MR) is 179 cm³/mol. The molecule has 4 atom stereocenters. The van der Waals surface area contributed by atoms with Crippen LogP contribution in [-0.4, -0.2) is 96.8 Å². The second kappa shape index (κ2) is 16.2. The zero-order chi connectivity index (χ0) is 32.5. The number of hydrogen-bond donors (Lipinski definition) is 5. The highest BCUT2D eigenvalue weighted by Gasteiger charge is 2.39. The molecule has 4 N–H and O–H groups in total. The van der Waals surface area contributed by atoms with Gasteiger partial charge in [-0.3, -0.25) is 14.4 Å². The zero-order valence-electron chi connectivity index (χ0n) is 26.5. The lowest BCUT2D eigenvalue weighted by molar-refractivity contribution is -0.136. The summed E-state index contributed by atoms with van der Waals surface area (Å²) in [6.45, 7) is 6.05. The SMILES string of the molecule is Cc1ccc2cc1CNC(=O)[C@H](CCc1ccccc1)NC(=O)[C@@H](NC(=O)N1CCNCC1)C(S)C(=O)N1CCCC(CCO2)C1. The van der Waals surface area contributed by atoms with Crippen LogP contribution in [0.1, 0.15) is 42.4 Å². The first kappa shape index (κ1) is 33.6. The molecule has 0 radical (unpaired) electrons. The minimum absolute atomic E-state index is 0.242. The van der Waals surface area contributed by atoms with Crippen LogP contribution in [0.5, 0.6) is 5.75 Å². The van der Waals surface area contributed by atoms with Gasteiger partial charge in [0.05, 0.1) is 6.61 Å². The summed E-state index contributed by atoms with van der Waals surface area (Å²) >= 11 is 4.67. The van der Waals surface area contributed by atoms with Gasteiger partial charge in [-0.05, 0) is 73.8 Å². The Morgan fingerprint density at radius 1 is 1.02 bits per heavy atom. The summed E-state index contributed by atoms with van der Waals surface area (Å²) in [7, 11) is 0. The summed E-state index contributed by atoms with van der Waals surface area (Å²) < 4.78 is 6.11. The molecule has 46 heavy (non-hydrogen) atoms. The summed E-state index contributed by atoms with van der Waals surface area (Å²) in [4.78, 5) is 58.3. The quantitative estimate of drug-likeness (QED) is 0.322. The van der Waals surface area contributed by atoms with E-state index in [0.717, 1.165) is 41.7 Å². The Hall–Kier alpha value is -3.77. The number of aryl methyl sites for hydroxylation is 2. The fraction of sp³-hybridized carbons (Fsp3) is 0.529. The largest absolute Gasteiger partial charge is 0.494 e. The second-order valence-corrected chi connectivity index (χ2v) is 13.0. The second-order valence-electron chi connectivity index (χ2n) is 12.4. The standard InChI is InChI=1S/C34H46N6O5S/c1-23-9-11-27-20-26(23)21-36-31(41)28(12-10-24-6-3-2-4-7-24)37-32(42)29(38-34(44)39-17-14-35-15-18-39)30(46)33(43)40-16-5-8-25(22-40)13-19-45-27/h2-4,6-7,9,11,20,25,28-30,35,46H,5,8,10,12-19,21-22H2,1H3,(H,36,41)(H,37,42)(H,38,44)/t25?,28-,29-,30?/m0/s1. The van der Waals surface area contributed by atoms with E-state index in [9.17, 15) is 19.2 Å². The van der Waals surface area contributed by atoms with Gasteiger partial charge in [-0.25, -0.2) is 4.79 Å². The van der Waals surface area contributed by atoms with Crippen molar-refractivity contribution in [2.24, 2.45) is 5.92 Å². The number of amides is 5. The van der Waals surface area contributed by atoms with Crippen LogP contribution < -0.4 is 26.0 Å². The van der Waals surface area contributed by atoms with Crippen LogP contribution in [0, 0.1) is 12.8 Å². The fourth-order valence-corrected chi connectivity index (χ4v) is 6.65. The Labute approximate surface area is 276 Å². The number of hydrogen-bond acceptors (Lipinski definition) is 7. The van der Waals surface area contributed by atoms with Gasteiger partial charge in [-0.2, -0.15) is 12.6 Å². The third-order valence-electron chi connectivity index (χ3n) is 9.13. The highest BCUT2D eigenvalue weighted by molar-refractivity contribution is 7.82. The molecule has 3 aliphatic heterocycles. The summed E-state index contributed by atoms with van der Waals surface area (Å²) in [6.07, 6.45) is 3.44. The average Bonchev–Trinajstić information content (AvgIpc) is 3.08. The molecule has 0 spiro atoms. The monoisotopic (exact) mass is 650 g/mol. The molecule has 2 unspecified atom stereocenters. The molecule has 3 aliphatic rings. The van der Waals surface area contributed by atoms with Crippen molar-refractivity contribution in [3.63, 3.8) is 0 Å². The third-order valence-corrected chi connectivity index (χ3v) is 9.65. The number of nitrogens with zero attached hydrogens (tertiary/aromatic N) is 2. The lowest BCUT2D eigenvalue weighted by Crippen LogP contribution is -2.62. The van der Waals surface area contributed by atoms with E-state index < -0.39 is 29.3 Å². The van der Waals surface area contributed by atoms with Crippen molar-refractivity contribution >= 4 is 36.4 Å². The molecule has 2 saturated heterocycles. The highest BCUT2D eigenvalue weighted by atomic mass is 32.1. The first-order chi connectivity index (χ1) is 22.3. The maximum Gasteiger partial charge on any atom is 0.318 e. The maximum atomic E-state index is 14.0. The Kier molecular flexibility index (Phi) is 11.8. The van der Waals surface area contributed by atoms with Crippen molar-refractivity contribution in [2.45, 2.75) is 62.9 Å². The Balaban J connectivity index is 1.43. The Morgan fingerprint density at radius 2 is 1.80 bits per heavy atom. The van der Waals surface area contributed by atoms with Crippen LogP contribution in [0.25, 0.3) is 0 Å². The van der Waals surface area contributed by atoms with Crippen molar-refractivity contribution in [1.82, 2.24) is 31.1 Å². The van der Waals surface area contributed by atoms with Crippen LogP contribution in [-0.2, 0) is 27.3 Å². The summed E-state index contributed by atoms with van der Waals surface area (Å²) in [5.41, 5.74) is 2.96. The number of benzene rings is 2. The van der Waals surface area contributed by atoms with Crippen LogP contribution >= 0.6 is 12.6 Å². The van der Waals surface area contributed by atoms with E-state index in [4.69, 9.17) is 4.74 Å². The van der Waals surface area contributed by atoms with Gasteiger partial charge in [0.2, 0.25) is 17.7 Å². The number of piperidine rings is 1. The molecule has 2 fully saturated rings. The molecule has 5 rings (SSSR count). The van der Waals surface area contributed by atoms with Gasteiger partial charge in [0.1, 0.15) is 23.1 Å². The molecule has 4 bridgehead atoms. The minimum Gasteiger partial charge on any atom is -0.494 e. The Bertz CT molecular complexity index is 1370. The molecule has 2 aromatic carbocycles. The van der Waals surface area contributed by atoms with E-state index in [1.807, 2.05) is 55.5 Å². The summed E-state index contributed by atoms with van der Waals surface area (Å²) in [5, 5.41) is 10.8. The van der Waals surface area contributed by atoms with E-state index in [2.05, 4.69) is 33.9 Å². The topological polar surface area (TPSA) is 132 Å².